The Kier molecular flexibility index (Phi) is 7.02. The number of carbonyl (C=O) groups excluding carboxylic acids is 2. The average Bonchev–Trinajstić information content (AvgIpc) is 3.40. The molecule has 0 radical (unpaired) electrons. The zero-order valence-electron chi connectivity index (χ0n) is 18.4. The number of hydroxylamine groups is 1. The summed E-state index contributed by atoms with van der Waals surface area (Å²) in [7, 11) is 1.73. The van der Waals surface area contributed by atoms with Crippen molar-refractivity contribution in [1.82, 2.24) is 10.4 Å². The smallest absolute Gasteiger partial charge is 0.274 e. The standard InChI is InChI=1S/C26H26N2O5/c1-28(24-10-5-15-32-24)26(30)21(16-18-11-13-20(14-12-18)25(29)27-31)17-33-23-9-4-7-19-6-2-3-8-22(19)23/h2-4,6-9,11-14,16,24,31H,5,10,15,17H2,1H3,(H,27,29). The molecule has 1 aliphatic rings. The molecule has 1 fully saturated rings. The second-order valence-electron chi connectivity index (χ2n) is 7.88. The first kappa shape index (κ1) is 22.5. The van der Waals surface area contributed by atoms with Gasteiger partial charge in [-0.15, -0.1) is 0 Å². The molecular formula is C26H26N2O5. The first-order valence-corrected chi connectivity index (χ1v) is 10.8. The van der Waals surface area contributed by atoms with Gasteiger partial charge in [0.25, 0.3) is 11.8 Å². The SMILES string of the molecule is CN(C(=O)C(=Cc1ccc(C(=O)NO)cc1)COc1cccc2ccccc12)C1CCCO1. The lowest BCUT2D eigenvalue weighted by Crippen LogP contribution is -2.38. The van der Waals surface area contributed by atoms with Crippen molar-refractivity contribution in [2.24, 2.45) is 0 Å². The van der Waals surface area contributed by atoms with Crippen LogP contribution in [-0.4, -0.2) is 48.4 Å². The summed E-state index contributed by atoms with van der Waals surface area (Å²) >= 11 is 0. The number of amides is 2. The summed E-state index contributed by atoms with van der Waals surface area (Å²) in [5, 5.41) is 10.8. The van der Waals surface area contributed by atoms with E-state index in [1.54, 1.807) is 47.8 Å². The highest BCUT2D eigenvalue weighted by Crippen LogP contribution is 2.26. The maximum Gasteiger partial charge on any atom is 0.274 e. The number of nitrogens with zero attached hydrogens (tertiary/aromatic N) is 1. The first-order valence-electron chi connectivity index (χ1n) is 10.8. The normalized spacial score (nSPS) is 15.9. The van der Waals surface area contributed by atoms with Crippen LogP contribution in [0, 0.1) is 0 Å². The molecule has 3 aromatic rings. The minimum Gasteiger partial charge on any atom is -0.488 e. The minimum atomic E-state index is -0.598. The van der Waals surface area contributed by atoms with Crippen LogP contribution in [0.3, 0.4) is 0 Å². The third kappa shape index (κ3) is 5.22. The average molecular weight is 447 g/mol. The van der Waals surface area contributed by atoms with E-state index in [4.69, 9.17) is 14.7 Å². The van der Waals surface area contributed by atoms with Gasteiger partial charge >= 0.3 is 0 Å². The Labute approximate surface area is 192 Å². The molecule has 7 heteroatoms. The molecule has 3 aromatic carbocycles. The van der Waals surface area contributed by atoms with E-state index in [-0.39, 0.29) is 18.7 Å². The molecule has 2 amide bonds. The van der Waals surface area contributed by atoms with E-state index in [2.05, 4.69) is 0 Å². The Balaban J connectivity index is 1.61. The predicted molar refractivity (Wildman–Crippen MR) is 125 cm³/mol. The van der Waals surface area contributed by atoms with E-state index in [1.165, 1.54) is 0 Å². The largest absolute Gasteiger partial charge is 0.488 e. The van der Waals surface area contributed by atoms with Crippen LogP contribution >= 0.6 is 0 Å². The third-order valence-corrected chi connectivity index (χ3v) is 5.68. The Morgan fingerprint density at radius 3 is 2.61 bits per heavy atom. The number of ether oxygens (including phenoxy) is 2. The number of fused-ring (bicyclic) bond motifs is 1. The molecule has 1 aliphatic heterocycles. The van der Waals surface area contributed by atoms with Crippen molar-refractivity contribution >= 4 is 28.7 Å². The molecule has 0 saturated carbocycles. The van der Waals surface area contributed by atoms with Crippen molar-refractivity contribution < 1.29 is 24.3 Å². The highest BCUT2D eigenvalue weighted by atomic mass is 16.5. The summed E-state index contributed by atoms with van der Waals surface area (Å²) < 4.78 is 11.8. The van der Waals surface area contributed by atoms with E-state index in [9.17, 15) is 9.59 Å². The molecule has 2 N–H and O–H groups in total. The van der Waals surface area contributed by atoms with Crippen LogP contribution in [0.4, 0.5) is 0 Å². The lowest BCUT2D eigenvalue weighted by atomic mass is 10.1. The monoisotopic (exact) mass is 446 g/mol. The summed E-state index contributed by atoms with van der Waals surface area (Å²) in [5.41, 5.74) is 3.11. The van der Waals surface area contributed by atoms with Crippen LogP contribution in [0.15, 0.2) is 72.3 Å². The van der Waals surface area contributed by atoms with Gasteiger partial charge in [0.1, 0.15) is 18.6 Å². The van der Waals surface area contributed by atoms with Crippen LogP contribution in [0.2, 0.25) is 0 Å². The fourth-order valence-electron chi connectivity index (χ4n) is 3.86. The maximum atomic E-state index is 13.3. The van der Waals surface area contributed by atoms with Crippen LogP contribution in [0.1, 0.15) is 28.8 Å². The van der Waals surface area contributed by atoms with Gasteiger partial charge in [-0.1, -0.05) is 48.5 Å². The lowest BCUT2D eigenvalue weighted by Gasteiger charge is -2.25. The van der Waals surface area contributed by atoms with E-state index in [0.717, 1.165) is 29.2 Å². The van der Waals surface area contributed by atoms with Gasteiger partial charge in [-0.3, -0.25) is 14.8 Å². The van der Waals surface area contributed by atoms with E-state index in [1.807, 2.05) is 42.5 Å². The van der Waals surface area contributed by atoms with Gasteiger partial charge in [0, 0.05) is 24.6 Å². The van der Waals surface area contributed by atoms with E-state index >= 15 is 0 Å². The van der Waals surface area contributed by atoms with Crippen LogP contribution in [0.25, 0.3) is 16.8 Å². The molecule has 4 rings (SSSR count). The third-order valence-electron chi connectivity index (χ3n) is 5.68. The summed E-state index contributed by atoms with van der Waals surface area (Å²) in [6.07, 6.45) is 3.21. The van der Waals surface area contributed by atoms with Crippen molar-refractivity contribution in [3.63, 3.8) is 0 Å². The molecule has 1 heterocycles. The molecule has 33 heavy (non-hydrogen) atoms. The quantitative estimate of drug-likeness (QED) is 0.325. The molecule has 0 bridgehead atoms. The second-order valence-corrected chi connectivity index (χ2v) is 7.88. The summed E-state index contributed by atoms with van der Waals surface area (Å²) in [5.74, 6) is -0.0833. The molecule has 7 nitrogen and oxygen atoms in total. The number of likely N-dealkylation sites (N-methyl/N-ethyl adjacent to an activating group) is 1. The highest BCUT2D eigenvalue weighted by Gasteiger charge is 2.26. The lowest BCUT2D eigenvalue weighted by molar-refractivity contribution is -0.135. The van der Waals surface area contributed by atoms with Gasteiger partial charge in [-0.05, 0) is 48.1 Å². The van der Waals surface area contributed by atoms with Crippen molar-refractivity contribution in [3.8, 4) is 5.75 Å². The molecule has 0 aliphatic carbocycles. The summed E-state index contributed by atoms with van der Waals surface area (Å²) in [6.45, 7) is 0.713. The molecule has 170 valence electrons. The van der Waals surface area contributed by atoms with Crippen LogP contribution in [0.5, 0.6) is 5.75 Å². The van der Waals surface area contributed by atoms with Crippen LogP contribution in [-0.2, 0) is 9.53 Å². The number of hydrogen-bond acceptors (Lipinski definition) is 5. The molecule has 1 saturated heterocycles. The van der Waals surface area contributed by atoms with E-state index in [0.29, 0.717) is 23.5 Å². The number of carbonyl (C=O) groups is 2. The Hall–Kier alpha value is -3.68. The Bertz CT molecular complexity index is 1160. The molecule has 0 aromatic heterocycles. The topological polar surface area (TPSA) is 88.1 Å². The molecule has 1 atom stereocenters. The predicted octanol–water partition coefficient (Wildman–Crippen LogP) is 4.02. The van der Waals surface area contributed by atoms with Gasteiger partial charge in [0.15, 0.2) is 0 Å². The first-order chi connectivity index (χ1) is 16.1. The zero-order valence-corrected chi connectivity index (χ0v) is 18.4. The fourth-order valence-corrected chi connectivity index (χ4v) is 3.86. The van der Waals surface area contributed by atoms with Gasteiger partial charge in [0.2, 0.25) is 0 Å². The van der Waals surface area contributed by atoms with Crippen molar-refractivity contribution in [1.29, 1.82) is 0 Å². The number of rotatable bonds is 7. The Morgan fingerprint density at radius 2 is 1.88 bits per heavy atom. The summed E-state index contributed by atoms with van der Waals surface area (Å²) in [4.78, 5) is 26.5. The molecule has 1 unspecified atom stereocenters. The highest BCUT2D eigenvalue weighted by molar-refractivity contribution is 5.99. The van der Waals surface area contributed by atoms with Crippen molar-refractivity contribution in [3.05, 3.63) is 83.4 Å². The number of benzene rings is 3. The number of hydrogen-bond donors (Lipinski definition) is 2. The Morgan fingerprint density at radius 1 is 1.12 bits per heavy atom. The van der Waals surface area contributed by atoms with E-state index < -0.39 is 5.91 Å². The minimum absolute atomic E-state index is 0.0722. The maximum absolute atomic E-state index is 13.3. The van der Waals surface area contributed by atoms with Crippen molar-refractivity contribution in [2.75, 3.05) is 20.3 Å². The summed E-state index contributed by atoms with van der Waals surface area (Å²) in [6, 6.07) is 20.3. The van der Waals surface area contributed by atoms with Gasteiger partial charge < -0.3 is 14.4 Å². The molecule has 0 spiro atoms. The van der Waals surface area contributed by atoms with Gasteiger partial charge in [-0.2, -0.15) is 0 Å². The van der Waals surface area contributed by atoms with Gasteiger partial charge in [0.05, 0.1) is 5.57 Å². The van der Waals surface area contributed by atoms with Crippen LogP contribution < -0.4 is 10.2 Å². The molecular weight excluding hydrogens is 420 g/mol. The van der Waals surface area contributed by atoms with Gasteiger partial charge in [-0.25, -0.2) is 5.48 Å². The zero-order chi connectivity index (χ0) is 23.2. The van der Waals surface area contributed by atoms with Crippen molar-refractivity contribution in [2.45, 2.75) is 19.1 Å². The second kappa shape index (κ2) is 10.3. The number of nitrogens with one attached hydrogen (secondary N) is 1. The fraction of sp³-hybridized carbons (Fsp3) is 0.231.